The highest BCUT2D eigenvalue weighted by Gasteiger charge is 2.24. The van der Waals surface area contributed by atoms with E-state index in [1.54, 1.807) is 0 Å². The summed E-state index contributed by atoms with van der Waals surface area (Å²) in [5, 5.41) is 11.9. The summed E-state index contributed by atoms with van der Waals surface area (Å²) in [6.07, 6.45) is 0. The van der Waals surface area contributed by atoms with Gasteiger partial charge in [0.25, 0.3) is 0 Å². The maximum atomic E-state index is 12.5. The van der Waals surface area contributed by atoms with E-state index in [1.165, 1.54) is 22.5 Å². The van der Waals surface area contributed by atoms with Crippen molar-refractivity contribution in [3.8, 4) is 23.1 Å². The van der Waals surface area contributed by atoms with Crippen molar-refractivity contribution in [1.29, 1.82) is 5.26 Å². The van der Waals surface area contributed by atoms with Gasteiger partial charge in [-0.15, -0.1) is 11.3 Å². The van der Waals surface area contributed by atoms with Gasteiger partial charge in [0.05, 0.1) is 11.8 Å². The number of Topliss-reactive ketones (excluding diaryl/α,β-unsaturated/α-hetero) is 1. The van der Waals surface area contributed by atoms with Crippen molar-refractivity contribution in [1.82, 2.24) is 4.98 Å². The third kappa shape index (κ3) is 4.65. The van der Waals surface area contributed by atoms with Crippen LogP contribution in [0, 0.1) is 18.3 Å². The van der Waals surface area contributed by atoms with Crippen molar-refractivity contribution in [2.75, 3.05) is 6.61 Å². The molecule has 1 atom stereocenters. The Balaban J connectivity index is 1.67. The van der Waals surface area contributed by atoms with Crippen molar-refractivity contribution in [2.45, 2.75) is 32.6 Å². The summed E-state index contributed by atoms with van der Waals surface area (Å²) in [4.78, 5) is 17.0. The van der Waals surface area contributed by atoms with Crippen LogP contribution in [-0.4, -0.2) is 17.4 Å². The zero-order valence-corrected chi connectivity index (χ0v) is 17.0. The van der Waals surface area contributed by atoms with Crippen LogP contribution in [0.4, 0.5) is 0 Å². The number of hydrogen-bond acceptors (Lipinski definition) is 5. The quantitative estimate of drug-likeness (QED) is 0.534. The number of nitriles is 1. The Hall–Kier alpha value is -2.97. The Kier molecular flexibility index (Phi) is 6.23. The second-order valence-electron chi connectivity index (χ2n) is 6.98. The highest BCUT2D eigenvalue weighted by atomic mass is 32.1. The standard InChI is InChI=1S/C23H22N2O2S/c1-15(2)17-8-10-19(11-9-17)27-13-22(26)20(12-24)23-25-21(14-28-23)18-6-4-16(3)5-7-18/h4-11,14-15,20H,13H2,1-3H3. The first-order valence-electron chi connectivity index (χ1n) is 9.15. The molecule has 2 aromatic carbocycles. The fourth-order valence-electron chi connectivity index (χ4n) is 2.73. The number of thiazole rings is 1. The average molecular weight is 391 g/mol. The van der Waals surface area contributed by atoms with Crippen LogP contribution in [0.2, 0.25) is 0 Å². The summed E-state index contributed by atoms with van der Waals surface area (Å²) in [5.74, 6) is -0.153. The molecule has 0 spiro atoms. The molecule has 0 bridgehead atoms. The van der Waals surface area contributed by atoms with E-state index >= 15 is 0 Å². The Morgan fingerprint density at radius 3 is 2.43 bits per heavy atom. The van der Waals surface area contributed by atoms with E-state index in [1.807, 2.05) is 60.8 Å². The third-order valence-electron chi connectivity index (χ3n) is 4.50. The van der Waals surface area contributed by atoms with Gasteiger partial charge < -0.3 is 4.74 Å². The predicted molar refractivity (Wildman–Crippen MR) is 112 cm³/mol. The summed E-state index contributed by atoms with van der Waals surface area (Å²) in [5.41, 5.74) is 4.12. The van der Waals surface area contributed by atoms with Crippen LogP contribution >= 0.6 is 11.3 Å². The number of benzene rings is 2. The van der Waals surface area contributed by atoms with Crippen molar-refractivity contribution in [3.05, 3.63) is 70.0 Å². The number of aryl methyl sites for hydroxylation is 1. The van der Waals surface area contributed by atoms with Gasteiger partial charge in [0.15, 0.2) is 11.7 Å². The molecule has 1 unspecified atom stereocenters. The highest BCUT2D eigenvalue weighted by Crippen LogP contribution is 2.27. The van der Waals surface area contributed by atoms with Crippen LogP contribution in [-0.2, 0) is 4.79 Å². The summed E-state index contributed by atoms with van der Waals surface area (Å²) in [7, 11) is 0. The third-order valence-corrected chi connectivity index (χ3v) is 5.40. The summed E-state index contributed by atoms with van der Waals surface area (Å²) in [6.45, 7) is 6.11. The monoisotopic (exact) mass is 390 g/mol. The van der Waals surface area contributed by atoms with Gasteiger partial charge in [0, 0.05) is 10.9 Å². The molecule has 28 heavy (non-hydrogen) atoms. The number of ketones is 1. The number of aromatic nitrogens is 1. The molecule has 4 nitrogen and oxygen atoms in total. The lowest BCUT2D eigenvalue weighted by Gasteiger charge is -2.10. The highest BCUT2D eigenvalue weighted by molar-refractivity contribution is 7.10. The minimum Gasteiger partial charge on any atom is -0.486 e. The number of carbonyl (C=O) groups excluding carboxylic acids is 1. The van der Waals surface area contributed by atoms with E-state index in [0.29, 0.717) is 16.7 Å². The maximum absolute atomic E-state index is 12.5. The molecule has 0 aliphatic heterocycles. The van der Waals surface area contributed by atoms with E-state index < -0.39 is 5.92 Å². The number of ether oxygens (including phenoxy) is 1. The number of hydrogen-bond donors (Lipinski definition) is 0. The Labute approximate surface area is 169 Å². The molecule has 0 radical (unpaired) electrons. The largest absolute Gasteiger partial charge is 0.486 e. The smallest absolute Gasteiger partial charge is 0.194 e. The molecule has 0 aliphatic rings. The van der Waals surface area contributed by atoms with Gasteiger partial charge in [-0.05, 0) is 30.5 Å². The first-order chi connectivity index (χ1) is 13.5. The van der Waals surface area contributed by atoms with Gasteiger partial charge >= 0.3 is 0 Å². The predicted octanol–water partition coefficient (Wildman–Crippen LogP) is 5.50. The van der Waals surface area contributed by atoms with E-state index in [4.69, 9.17) is 4.74 Å². The van der Waals surface area contributed by atoms with Gasteiger partial charge in [-0.1, -0.05) is 55.8 Å². The SMILES string of the molecule is Cc1ccc(-c2csc(C(C#N)C(=O)COc3ccc(C(C)C)cc3)n2)cc1. The Bertz CT molecular complexity index is 983. The number of nitrogens with zero attached hydrogens (tertiary/aromatic N) is 2. The molecule has 0 amide bonds. The summed E-state index contributed by atoms with van der Waals surface area (Å²) in [6, 6.07) is 17.7. The fourth-order valence-corrected chi connectivity index (χ4v) is 3.62. The van der Waals surface area contributed by atoms with Crippen LogP contribution in [0.5, 0.6) is 5.75 Å². The minimum atomic E-state index is -0.917. The second kappa shape index (κ2) is 8.81. The van der Waals surface area contributed by atoms with Crippen molar-refractivity contribution in [2.24, 2.45) is 0 Å². The molecule has 1 heterocycles. The lowest BCUT2D eigenvalue weighted by molar-refractivity contribution is -0.121. The Morgan fingerprint density at radius 1 is 1.14 bits per heavy atom. The molecular formula is C23H22N2O2S. The average Bonchev–Trinajstić information content (AvgIpc) is 3.17. The molecular weight excluding hydrogens is 368 g/mol. The lowest BCUT2D eigenvalue weighted by atomic mass is 10.0. The first kappa shape index (κ1) is 19.8. The molecule has 0 fully saturated rings. The molecule has 142 valence electrons. The summed E-state index contributed by atoms with van der Waals surface area (Å²) >= 11 is 1.33. The molecule has 0 N–H and O–H groups in total. The van der Waals surface area contributed by atoms with E-state index in [9.17, 15) is 10.1 Å². The van der Waals surface area contributed by atoms with Crippen LogP contribution in [0.1, 0.15) is 41.8 Å². The van der Waals surface area contributed by atoms with Crippen LogP contribution in [0.15, 0.2) is 53.9 Å². The van der Waals surface area contributed by atoms with Crippen LogP contribution in [0.3, 0.4) is 0 Å². The second-order valence-corrected chi connectivity index (χ2v) is 7.87. The van der Waals surface area contributed by atoms with E-state index in [-0.39, 0.29) is 12.4 Å². The first-order valence-corrected chi connectivity index (χ1v) is 10.0. The zero-order chi connectivity index (χ0) is 20.1. The van der Waals surface area contributed by atoms with E-state index in [0.717, 1.165) is 11.3 Å². The normalized spacial score (nSPS) is 11.8. The molecule has 0 saturated carbocycles. The van der Waals surface area contributed by atoms with Gasteiger partial charge in [-0.2, -0.15) is 5.26 Å². The number of carbonyl (C=O) groups is 1. The van der Waals surface area contributed by atoms with Gasteiger partial charge in [0.2, 0.25) is 0 Å². The molecule has 0 aliphatic carbocycles. The molecule has 5 heteroatoms. The Morgan fingerprint density at radius 2 is 1.82 bits per heavy atom. The summed E-state index contributed by atoms with van der Waals surface area (Å²) < 4.78 is 5.59. The van der Waals surface area contributed by atoms with Crippen LogP contribution < -0.4 is 4.74 Å². The maximum Gasteiger partial charge on any atom is 0.194 e. The van der Waals surface area contributed by atoms with Crippen molar-refractivity contribution < 1.29 is 9.53 Å². The molecule has 0 saturated heterocycles. The molecule has 3 rings (SSSR count). The van der Waals surface area contributed by atoms with E-state index in [2.05, 4.69) is 24.9 Å². The van der Waals surface area contributed by atoms with Gasteiger partial charge in [-0.3, -0.25) is 4.79 Å². The van der Waals surface area contributed by atoms with Crippen molar-refractivity contribution in [3.63, 3.8) is 0 Å². The molecule has 1 aromatic heterocycles. The van der Waals surface area contributed by atoms with Gasteiger partial charge in [-0.25, -0.2) is 4.98 Å². The van der Waals surface area contributed by atoms with Gasteiger partial charge in [0.1, 0.15) is 17.4 Å². The topological polar surface area (TPSA) is 63.0 Å². The molecule has 3 aromatic rings. The minimum absolute atomic E-state index is 0.154. The zero-order valence-electron chi connectivity index (χ0n) is 16.2. The number of rotatable bonds is 7. The van der Waals surface area contributed by atoms with Crippen molar-refractivity contribution >= 4 is 17.1 Å². The lowest BCUT2D eigenvalue weighted by Crippen LogP contribution is -2.19. The van der Waals surface area contributed by atoms with Crippen LogP contribution in [0.25, 0.3) is 11.3 Å². The fraction of sp³-hybridized carbons (Fsp3) is 0.261.